The summed E-state index contributed by atoms with van der Waals surface area (Å²) in [6.07, 6.45) is 0. The molecule has 0 aliphatic rings. The molecule has 4 nitrogen and oxygen atoms in total. The Morgan fingerprint density at radius 3 is 0.939 bits per heavy atom. The topological polar surface area (TPSA) is 25.1 Å². The summed E-state index contributed by atoms with van der Waals surface area (Å²) in [5.41, 5.74) is 27.5. The molecule has 7 heteroatoms. The number of halogens is 1. The number of benzene rings is 18. The smallest absolute Gasteiger partial charge is 0.0634 e. The summed E-state index contributed by atoms with van der Waals surface area (Å²) in [4.78, 5) is 2.38. The summed E-state index contributed by atoms with van der Waals surface area (Å²) < 4.78 is 11.3. The van der Waals surface area contributed by atoms with Gasteiger partial charge in [0.05, 0.1) is 22.1 Å². The van der Waals surface area contributed by atoms with Crippen LogP contribution in [-0.4, -0.2) is 9.13 Å². The molecule has 0 aliphatic carbocycles. The van der Waals surface area contributed by atoms with E-state index in [-0.39, 0.29) is 0 Å². The lowest BCUT2D eigenvalue weighted by atomic mass is 9.98. The lowest BCUT2D eigenvalue weighted by molar-refractivity contribution is 1.19. The highest BCUT2D eigenvalue weighted by Gasteiger charge is 2.25. The van der Waals surface area contributed by atoms with Gasteiger partial charge >= 0.3 is 0 Å². The van der Waals surface area contributed by atoms with E-state index in [1.54, 1.807) is 0 Å². The van der Waals surface area contributed by atoms with Gasteiger partial charge in [-0.2, -0.15) is 0 Å². The van der Waals surface area contributed by atoms with Crippen molar-refractivity contribution in [2.75, 3.05) is 10.2 Å². The van der Waals surface area contributed by atoms with Crippen molar-refractivity contribution < 1.29 is 0 Å². The minimum Gasteiger partial charge on any atom is -0.356 e. The summed E-state index contributed by atoms with van der Waals surface area (Å²) in [5.74, 6) is 0. The summed E-state index contributed by atoms with van der Waals surface area (Å²) in [6, 6.07) is 156. The van der Waals surface area contributed by atoms with E-state index in [0.29, 0.717) is 0 Å². The Hall–Kier alpha value is -13.9. The van der Waals surface area contributed by atoms with Crippen molar-refractivity contribution in [3.63, 3.8) is 0 Å². The molecule has 4 aromatic heterocycles. The minimum atomic E-state index is 1.09. The summed E-state index contributed by atoms with van der Waals surface area (Å²) in [5, 5.41) is 13.8. The second kappa shape index (κ2) is 31.0. The largest absolute Gasteiger partial charge is 0.356 e. The Morgan fingerprint density at radius 1 is 0.235 bits per heavy atom. The van der Waals surface area contributed by atoms with Crippen LogP contribution in [0.15, 0.2) is 441 Å². The monoisotopic (exact) mass is 1570 g/mol. The first kappa shape index (κ1) is 70.2. The number of nitrogens with one attached hydrogen (secondary N) is 1. The fraction of sp³-hybridized carbons (Fsp3) is 0. The van der Waals surface area contributed by atoms with Gasteiger partial charge in [-0.25, -0.2) is 0 Å². The Bertz CT molecular complexity index is 7080. The molecule has 4 heterocycles. The quantitative estimate of drug-likeness (QED) is 0.124. The summed E-state index contributed by atoms with van der Waals surface area (Å²) in [6.45, 7) is 0. The van der Waals surface area contributed by atoms with E-state index >= 15 is 0 Å². The zero-order chi connectivity index (χ0) is 76.5. The number of thiophene rings is 2. The van der Waals surface area contributed by atoms with Gasteiger partial charge in [0.1, 0.15) is 0 Å². The van der Waals surface area contributed by atoms with Crippen molar-refractivity contribution in [3.05, 3.63) is 441 Å². The standard InChI is InChI=1S/C54H36N2S.C30H18BrNS.C24H19N/c1-4-15-37(16-5-1)39-27-31-43(32-28-39)55(44-33-29-40(30-34-44)38-17-6-2-7-18-38)45-22-14-19-41(35-45)48-36-49-46-23-10-12-25-50(46)56(42-20-8-3-9-21-42)53(49)52-47-24-11-13-26-51(47)57-54(48)52;31-20-10-8-9-19(17-20)24-18-25-22-13-4-6-15-26(22)32(21-11-2-1-3-12-21)29(25)28-23-14-5-7-16-27(23)33-30(24)28;1-3-7-19(8-4-1)21-11-15-23(16-12-21)25-24-17-13-22(14-18-24)20-9-5-2-6-10-20/h1-36H;1-18H;1-18,25H. The number of para-hydroxylation sites is 4. The number of hydrogen-bond donors (Lipinski definition) is 1. The SMILES string of the molecule is Brc1cccc(-c2cc3c4ccccc4n(-c4ccccc4)c3c3c2sc2ccccc23)c1.c1ccc(-c2ccc(N(c3ccc(-c4ccccc4)cc3)c3cccc(-c4cc5c6ccccc6n(-c6ccccc6)c5c5c4sc4ccccc45)c3)cc2)cc1.c1ccc(-c2ccc(Nc3ccc(-c4ccccc4)cc3)cc2)cc1. The maximum Gasteiger partial charge on any atom is 0.0634 e. The molecular weight excluding hydrogens is 1500 g/mol. The molecule has 0 amide bonds. The highest BCUT2D eigenvalue weighted by Crippen LogP contribution is 2.51. The Kier molecular flexibility index (Phi) is 18.9. The van der Waals surface area contributed by atoms with Crippen molar-refractivity contribution in [1.82, 2.24) is 9.13 Å². The van der Waals surface area contributed by atoms with Crippen LogP contribution in [0.5, 0.6) is 0 Å². The number of anilines is 5. The Labute approximate surface area is 684 Å². The van der Waals surface area contributed by atoms with Gasteiger partial charge in [0.25, 0.3) is 0 Å². The normalized spacial score (nSPS) is 11.3. The molecule has 0 saturated heterocycles. The van der Waals surface area contributed by atoms with Gasteiger partial charge in [-0.3, -0.25) is 0 Å². The third-order valence-corrected chi connectivity index (χ3v) is 24.8. The van der Waals surface area contributed by atoms with Gasteiger partial charge in [-0.1, -0.05) is 319 Å². The molecule has 115 heavy (non-hydrogen) atoms. The molecule has 0 bridgehead atoms. The molecule has 0 radical (unpaired) electrons. The number of hydrogen-bond acceptors (Lipinski definition) is 4. The van der Waals surface area contributed by atoms with Crippen LogP contribution in [0.2, 0.25) is 0 Å². The summed E-state index contributed by atoms with van der Waals surface area (Å²) in [7, 11) is 0. The van der Waals surface area contributed by atoms with Gasteiger partial charge in [0.2, 0.25) is 0 Å². The lowest BCUT2D eigenvalue weighted by Crippen LogP contribution is -2.10. The van der Waals surface area contributed by atoms with E-state index in [0.717, 1.165) is 32.9 Å². The predicted octanol–water partition coefficient (Wildman–Crippen LogP) is 32.0. The number of aromatic nitrogens is 2. The first-order valence-corrected chi connectivity index (χ1v) is 41.3. The van der Waals surface area contributed by atoms with Gasteiger partial charge < -0.3 is 19.4 Å². The average Bonchev–Trinajstić information content (AvgIpc) is 1.55. The Balaban J connectivity index is 0.000000124. The van der Waals surface area contributed by atoms with Crippen molar-refractivity contribution in [1.29, 1.82) is 0 Å². The predicted molar refractivity (Wildman–Crippen MR) is 499 cm³/mol. The number of fused-ring (bicyclic) bond motifs is 14. The second-order valence-electron chi connectivity index (χ2n) is 28.9. The van der Waals surface area contributed by atoms with E-state index in [4.69, 9.17) is 0 Å². The number of nitrogens with zero attached hydrogens (tertiary/aromatic N) is 3. The second-order valence-corrected chi connectivity index (χ2v) is 31.9. The zero-order valence-electron chi connectivity index (χ0n) is 62.6. The average molecular weight is 1570 g/mol. The van der Waals surface area contributed by atoms with Gasteiger partial charge in [-0.05, 0) is 189 Å². The van der Waals surface area contributed by atoms with Crippen LogP contribution in [0.1, 0.15) is 0 Å². The fourth-order valence-electron chi connectivity index (χ4n) is 16.5. The minimum absolute atomic E-state index is 1.09. The molecule has 0 aliphatic heterocycles. The molecule has 18 aromatic carbocycles. The molecule has 0 fully saturated rings. The molecule has 22 aromatic rings. The maximum absolute atomic E-state index is 3.68. The van der Waals surface area contributed by atoms with Crippen LogP contribution in [0.25, 0.3) is 162 Å². The molecule has 544 valence electrons. The van der Waals surface area contributed by atoms with E-state index in [9.17, 15) is 0 Å². The van der Waals surface area contributed by atoms with E-state index < -0.39 is 0 Å². The van der Waals surface area contributed by atoms with Crippen LogP contribution >= 0.6 is 38.6 Å². The fourth-order valence-corrected chi connectivity index (χ4v) is 19.4. The first-order chi connectivity index (χ1) is 57.0. The van der Waals surface area contributed by atoms with Crippen molar-refractivity contribution in [3.8, 4) is 78.1 Å². The van der Waals surface area contributed by atoms with Crippen molar-refractivity contribution in [2.24, 2.45) is 0 Å². The molecule has 0 spiro atoms. The molecule has 0 saturated carbocycles. The summed E-state index contributed by atoms with van der Waals surface area (Å²) >= 11 is 7.46. The van der Waals surface area contributed by atoms with Gasteiger partial charge in [-0.15, -0.1) is 22.7 Å². The maximum atomic E-state index is 3.68. The lowest BCUT2D eigenvalue weighted by Gasteiger charge is -2.26. The molecule has 1 N–H and O–H groups in total. The molecule has 0 unspecified atom stereocenters. The van der Waals surface area contributed by atoms with Crippen LogP contribution in [0.3, 0.4) is 0 Å². The third kappa shape index (κ3) is 13.6. The van der Waals surface area contributed by atoms with Crippen molar-refractivity contribution >= 4 is 151 Å². The number of rotatable bonds is 13. The molecule has 0 atom stereocenters. The molecule has 22 rings (SSSR count). The zero-order valence-corrected chi connectivity index (χ0v) is 65.8. The van der Waals surface area contributed by atoms with Crippen LogP contribution in [0, 0.1) is 0 Å². The van der Waals surface area contributed by atoms with Crippen molar-refractivity contribution in [2.45, 2.75) is 0 Å². The van der Waals surface area contributed by atoms with Crippen LogP contribution < -0.4 is 10.2 Å². The van der Waals surface area contributed by atoms with Crippen LogP contribution in [0.4, 0.5) is 28.4 Å². The highest BCUT2D eigenvalue weighted by atomic mass is 79.9. The van der Waals surface area contributed by atoms with Gasteiger partial charge in [0, 0.05) is 117 Å². The third-order valence-electron chi connectivity index (χ3n) is 21.9. The van der Waals surface area contributed by atoms with E-state index in [1.807, 2.05) is 34.8 Å². The molecular formula is C108H73BrN4S2. The van der Waals surface area contributed by atoms with E-state index in [1.165, 1.54) is 162 Å². The van der Waals surface area contributed by atoms with Gasteiger partial charge in [0.15, 0.2) is 0 Å². The highest BCUT2D eigenvalue weighted by molar-refractivity contribution is 9.10. The first-order valence-electron chi connectivity index (χ1n) is 38.9. The van der Waals surface area contributed by atoms with Crippen LogP contribution in [-0.2, 0) is 0 Å². The van der Waals surface area contributed by atoms with E-state index in [2.05, 4.69) is 460 Å². The Morgan fingerprint density at radius 2 is 0.548 bits per heavy atom.